The van der Waals surface area contributed by atoms with Crippen molar-refractivity contribution in [1.29, 1.82) is 0 Å². The van der Waals surface area contributed by atoms with Gasteiger partial charge in [0.2, 0.25) is 0 Å². The van der Waals surface area contributed by atoms with Gasteiger partial charge in [0, 0.05) is 10.4 Å². The highest BCUT2D eigenvalue weighted by Crippen LogP contribution is 2.34. The van der Waals surface area contributed by atoms with Crippen molar-refractivity contribution in [3.05, 3.63) is 68.5 Å². The van der Waals surface area contributed by atoms with Crippen LogP contribution in [0.4, 0.5) is 0 Å². The molecule has 2 unspecified atom stereocenters. The highest BCUT2D eigenvalue weighted by atomic mass is 35.5. The molecule has 0 saturated carbocycles. The third-order valence-electron chi connectivity index (χ3n) is 3.55. The third-order valence-corrected chi connectivity index (χ3v) is 5.31. The first-order valence-electron chi connectivity index (χ1n) is 6.64. The molecule has 0 amide bonds. The average molecular weight is 350 g/mol. The predicted octanol–water partition coefficient (Wildman–Crippen LogP) is 4.46. The molecule has 6 heteroatoms. The summed E-state index contributed by atoms with van der Waals surface area (Å²) in [5.41, 5.74) is 0.363. The van der Waals surface area contributed by atoms with E-state index in [1.807, 2.05) is 18.2 Å². The van der Waals surface area contributed by atoms with E-state index in [-0.39, 0.29) is 11.3 Å². The largest absolute Gasteiger partial charge is 0.421 e. The van der Waals surface area contributed by atoms with Crippen LogP contribution in [0.15, 0.2) is 56.7 Å². The molecule has 0 spiro atoms. The van der Waals surface area contributed by atoms with E-state index in [4.69, 9.17) is 27.6 Å². The summed E-state index contributed by atoms with van der Waals surface area (Å²) in [6.07, 6.45) is 8.08. The Morgan fingerprint density at radius 2 is 1.95 bits per heavy atom. The Hall–Kier alpha value is -1.49. The van der Waals surface area contributed by atoms with E-state index < -0.39 is 5.63 Å². The van der Waals surface area contributed by atoms with Crippen LogP contribution in [0, 0.1) is 0 Å². The smallest absolute Gasteiger partial charge is 0.346 e. The highest BCUT2D eigenvalue weighted by molar-refractivity contribution is 8.15. The second-order valence-electron chi connectivity index (χ2n) is 5.03. The van der Waals surface area contributed by atoms with E-state index >= 15 is 0 Å². The van der Waals surface area contributed by atoms with Crippen LogP contribution in [0.1, 0.15) is 5.56 Å². The molecule has 2 atom stereocenters. The van der Waals surface area contributed by atoms with Crippen LogP contribution in [0.5, 0.6) is 0 Å². The third kappa shape index (κ3) is 2.32. The summed E-state index contributed by atoms with van der Waals surface area (Å²) in [6, 6.07) is 5.10. The number of fused-ring (bicyclic) bond motifs is 2. The second kappa shape index (κ2) is 5.30. The van der Waals surface area contributed by atoms with Crippen LogP contribution in [0.3, 0.4) is 0 Å². The number of allylic oxidation sites excluding steroid dienone is 2. The molecule has 0 radical (unpaired) electrons. The quantitative estimate of drug-likeness (QED) is 0.714. The van der Waals surface area contributed by atoms with E-state index in [0.29, 0.717) is 31.6 Å². The van der Waals surface area contributed by atoms with Crippen LogP contribution in [0.25, 0.3) is 11.0 Å². The molecular formula is C16H9Cl2NO2S. The van der Waals surface area contributed by atoms with Crippen LogP contribution in [-0.2, 0) is 0 Å². The minimum atomic E-state index is -0.436. The number of benzene rings is 1. The molecule has 4 rings (SSSR count). The van der Waals surface area contributed by atoms with Gasteiger partial charge in [-0.05, 0) is 18.2 Å². The Morgan fingerprint density at radius 1 is 1.14 bits per heavy atom. The van der Waals surface area contributed by atoms with Crippen LogP contribution in [0.2, 0.25) is 10.0 Å². The number of nitrogens with zero attached hydrogens (tertiary/aromatic N) is 1. The van der Waals surface area contributed by atoms with Gasteiger partial charge in [0.15, 0.2) is 5.58 Å². The lowest BCUT2D eigenvalue weighted by Gasteiger charge is -2.10. The maximum atomic E-state index is 12.3. The van der Waals surface area contributed by atoms with Gasteiger partial charge in [-0.15, -0.1) is 0 Å². The van der Waals surface area contributed by atoms with E-state index in [1.165, 1.54) is 0 Å². The Bertz CT molecular complexity index is 930. The van der Waals surface area contributed by atoms with Gasteiger partial charge < -0.3 is 4.42 Å². The summed E-state index contributed by atoms with van der Waals surface area (Å²) in [4.78, 5) is 16.9. The fourth-order valence-electron chi connectivity index (χ4n) is 2.53. The monoisotopic (exact) mass is 349 g/mol. The first-order valence-corrected chi connectivity index (χ1v) is 8.28. The van der Waals surface area contributed by atoms with Crippen LogP contribution < -0.4 is 5.63 Å². The van der Waals surface area contributed by atoms with E-state index in [1.54, 1.807) is 30.0 Å². The van der Waals surface area contributed by atoms with Gasteiger partial charge in [-0.2, -0.15) is 0 Å². The maximum Gasteiger partial charge on any atom is 0.346 e. The van der Waals surface area contributed by atoms with Gasteiger partial charge in [0.05, 0.1) is 21.9 Å². The maximum absolute atomic E-state index is 12.3. The molecule has 3 nitrogen and oxygen atoms in total. The molecular weight excluding hydrogens is 341 g/mol. The number of hydrogen-bond donors (Lipinski definition) is 0. The van der Waals surface area contributed by atoms with Crippen molar-refractivity contribution in [2.75, 3.05) is 0 Å². The highest BCUT2D eigenvalue weighted by Gasteiger charge is 2.30. The fraction of sp³-hybridized carbons (Fsp3) is 0.125. The molecule has 110 valence electrons. The van der Waals surface area contributed by atoms with Gasteiger partial charge in [0.25, 0.3) is 0 Å². The molecule has 2 aromatic rings. The molecule has 0 bridgehead atoms. The Labute approximate surface area is 140 Å². The Kier molecular flexibility index (Phi) is 3.40. The first-order chi connectivity index (χ1) is 10.6. The number of halogens is 2. The number of rotatable bonds is 1. The molecule has 1 aliphatic carbocycles. The van der Waals surface area contributed by atoms with Crippen LogP contribution in [-0.4, -0.2) is 16.3 Å². The molecule has 0 fully saturated rings. The summed E-state index contributed by atoms with van der Waals surface area (Å²) in [5.74, 6) is 0. The SMILES string of the molecule is O=c1oc2c(Cl)cc(Cl)cc2cc1C1=NC2C=CC=CC2S1. The number of hydrogen-bond acceptors (Lipinski definition) is 4. The molecule has 1 aromatic carbocycles. The lowest BCUT2D eigenvalue weighted by molar-refractivity contribution is 0.560. The van der Waals surface area contributed by atoms with Gasteiger partial charge in [-0.1, -0.05) is 59.3 Å². The minimum Gasteiger partial charge on any atom is -0.421 e. The summed E-state index contributed by atoms with van der Waals surface area (Å²) < 4.78 is 5.37. The van der Waals surface area contributed by atoms with Crippen molar-refractivity contribution < 1.29 is 4.42 Å². The summed E-state index contributed by atoms with van der Waals surface area (Å²) in [5, 5.41) is 2.44. The molecule has 0 saturated heterocycles. The van der Waals surface area contributed by atoms with Crippen molar-refractivity contribution in [2.24, 2.45) is 4.99 Å². The van der Waals surface area contributed by atoms with Gasteiger partial charge in [-0.25, -0.2) is 4.79 Å². The zero-order valence-corrected chi connectivity index (χ0v) is 13.5. The van der Waals surface area contributed by atoms with Gasteiger partial charge in [-0.3, -0.25) is 4.99 Å². The average Bonchev–Trinajstić information content (AvgIpc) is 2.91. The van der Waals surface area contributed by atoms with E-state index in [9.17, 15) is 4.79 Å². The fourth-order valence-corrected chi connectivity index (χ4v) is 4.25. The van der Waals surface area contributed by atoms with E-state index in [2.05, 4.69) is 11.1 Å². The zero-order valence-electron chi connectivity index (χ0n) is 11.1. The predicted molar refractivity (Wildman–Crippen MR) is 92.5 cm³/mol. The lowest BCUT2D eigenvalue weighted by atomic mass is 10.1. The first kappa shape index (κ1) is 14.1. The summed E-state index contributed by atoms with van der Waals surface area (Å²) in [7, 11) is 0. The lowest BCUT2D eigenvalue weighted by Crippen LogP contribution is -2.13. The Morgan fingerprint density at radius 3 is 2.77 bits per heavy atom. The molecule has 22 heavy (non-hydrogen) atoms. The molecule has 1 aromatic heterocycles. The van der Waals surface area contributed by atoms with Gasteiger partial charge in [0.1, 0.15) is 5.04 Å². The molecule has 2 heterocycles. The standard InChI is InChI=1S/C16H9Cl2NO2S/c17-9-5-8-6-10(16(20)21-14(8)11(18)7-9)15-19-12-3-1-2-4-13(12)22-15/h1-7,12-13H. The van der Waals surface area contributed by atoms with E-state index in [0.717, 1.165) is 0 Å². The van der Waals surface area contributed by atoms with Crippen molar-refractivity contribution in [3.63, 3.8) is 0 Å². The number of aliphatic imine (C=N–C) groups is 1. The second-order valence-corrected chi connectivity index (χ2v) is 7.04. The molecule has 2 aliphatic rings. The van der Waals surface area contributed by atoms with Crippen molar-refractivity contribution in [3.8, 4) is 0 Å². The summed E-state index contributed by atoms with van der Waals surface area (Å²) in [6.45, 7) is 0. The zero-order chi connectivity index (χ0) is 15.3. The Balaban J connectivity index is 1.86. The van der Waals surface area contributed by atoms with Crippen molar-refractivity contribution in [1.82, 2.24) is 0 Å². The number of thioether (sulfide) groups is 1. The molecule has 0 N–H and O–H groups in total. The van der Waals surface area contributed by atoms with Crippen molar-refractivity contribution >= 4 is 51.0 Å². The van der Waals surface area contributed by atoms with Gasteiger partial charge >= 0.3 is 5.63 Å². The van der Waals surface area contributed by atoms with Crippen molar-refractivity contribution in [2.45, 2.75) is 11.3 Å². The minimum absolute atomic E-state index is 0.0723. The summed E-state index contributed by atoms with van der Waals surface area (Å²) >= 11 is 13.7. The topological polar surface area (TPSA) is 42.6 Å². The molecule has 1 aliphatic heterocycles. The van der Waals surface area contributed by atoms with Crippen LogP contribution >= 0.6 is 35.0 Å². The normalized spacial score (nSPS) is 22.9.